The van der Waals surface area contributed by atoms with Crippen molar-refractivity contribution in [1.29, 1.82) is 0 Å². The molecule has 102 valence electrons. The molecular weight excluding hydrogens is 253 g/mol. The molecule has 1 saturated carbocycles. The third kappa shape index (κ3) is 2.60. The van der Waals surface area contributed by atoms with Crippen molar-refractivity contribution in [3.63, 3.8) is 0 Å². The first-order valence-corrected chi connectivity index (χ1v) is 6.48. The molecule has 1 fully saturated rings. The van der Waals surface area contributed by atoms with Crippen LogP contribution in [0.4, 0.5) is 18.9 Å². The number of allylic oxidation sites excluding steroid dienone is 2. The van der Waals surface area contributed by atoms with Gasteiger partial charge in [0.1, 0.15) is 5.69 Å². The van der Waals surface area contributed by atoms with Crippen LogP contribution in [-0.4, -0.2) is 11.5 Å². The molecule has 3 rings (SSSR count). The van der Waals surface area contributed by atoms with Gasteiger partial charge in [0.2, 0.25) is 0 Å². The monoisotopic (exact) mass is 268 g/mol. The van der Waals surface area contributed by atoms with Crippen molar-refractivity contribution < 1.29 is 13.2 Å². The first-order chi connectivity index (χ1) is 9.02. The Kier molecular flexibility index (Phi) is 2.99. The summed E-state index contributed by atoms with van der Waals surface area (Å²) in [5, 5.41) is 3.19. The van der Waals surface area contributed by atoms with Gasteiger partial charge in [-0.3, -0.25) is 0 Å². The number of nitrogens with one attached hydrogen (secondary N) is 1. The second kappa shape index (κ2) is 4.54. The van der Waals surface area contributed by atoms with E-state index in [-0.39, 0.29) is 0 Å². The number of halogens is 3. The van der Waals surface area contributed by atoms with Crippen molar-refractivity contribution in [2.24, 2.45) is 17.8 Å². The van der Waals surface area contributed by atoms with Crippen LogP contribution in [0.3, 0.4) is 0 Å². The highest BCUT2D eigenvalue weighted by atomic mass is 19.4. The maximum atomic E-state index is 12.4. The number of pyridine rings is 1. The smallest absolute Gasteiger partial charge is 0.384 e. The highest BCUT2D eigenvalue weighted by Gasteiger charge is 2.35. The Hall–Kier alpha value is -1.52. The van der Waals surface area contributed by atoms with E-state index >= 15 is 0 Å². The molecule has 19 heavy (non-hydrogen) atoms. The van der Waals surface area contributed by atoms with Crippen LogP contribution in [0.15, 0.2) is 30.5 Å². The molecule has 3 unspecified atom stereocenters. The summed E-state index contributed by atoms with van der Waals surface area (Å²) in [6.45, 7) is 0.804. The number of rotatable bonds is 3. The quantitative estimate of drug-likeness (QED) is 0.845. The van der Waals surface area contributed by atoms with Gasteiger partial charge in [0.15, 0.2) is 0 Å². The van der Waals surface area contributed by atoms with E-state index in [1.807, 2.05) is 0 Å². The number of nitrogens with zero attached hydrogens (tertiary/aromatic N) is 1. The van der Waals surface area contributed by atoms with Crippen LogP contribution in [0.1, 0.15) is 18.5 Å². The Labute approximate surface area is 109 Å². The third-order valence-corrected chi connectivity index (χ3v) is 4.04. The molecule has 3 atom stereocenters. The van der Waals surface area contributed by atoms with E-state index in [1.54, 1.807) is 0 Å². The fraction of sp³-hybridized carbons (Fsp3) is 0.500. The van der Waals surface area contributed by atoms with Gasteiger partial charge in [0, 0.05) is 6.54 Å². The van der Waals surface area contributed by atoms with Gasteiger partial charge in [-0.05, 0) is 42.7 Å². The van der Waals surface area contributed by atoms with Crippen LogP contribution in [0, 0.1) is 17.8 Å². The maximum absolute atomic E-state index is 12.4. The fourth-order valence-corrected chi connectivity index (χ4v) is 3.04. The molecule has 2 aliphatic rings. The van der Waals surface area contributed by atoms with Crippen LogP contribution in [0.2, 0.25) is 0 Å². The van der Waals surface area contributed by atoms with Crippen molar-refractivity contribution in [3.05, 3.63) is 36.2 Å². The van der Waals surface area contributed by atoms with E-state index in [4.69, 9.17) is 0 Å². The highest BCUT2D eigenvalue weighted by molar-refractivity contribution is 5.41. The lowest BCUT2D eigenvalue weighted by Gasteiger charge is -2.19. The predicted octanol–water partition coefficient (Wildman–Crippen LogP) is 3.72. The van der Waals surface area contributed by atoms with E-state index in [0.717, 1.165) is 12.6 Å². The first-order valence-electron chi connectivity index (χ1n) is 6.48. The lowest BCUT2D eigenvalue weighted by Crippen LogP contribution is -2.18. The van der Waals surface area contributed by atoms with Crippen molar-refractivity contribution in [2.45, 2.75) is 19.0 Å². The van der Waals surface area contributed by atoms with Gasteiger partial charge >= 0.3 is 6.18 Å². The van der Waals surface area contributed by atoms with E-state index < -0.39 is 11.9 Å². The molecule has 0 saturated heterocycles. The number of hydrogen-bond acceptors (Lipinski definition) is 2. The summed E-state index contributed by atoms with van der Waals surface area (Å²) in [4.78, 5) is 3.44. The number of alkyl halides is 3. The van der Waals surface area contributed by atoms with Crippen molar-refractivity contribution in [2.75, 3.05) is 11.9 Å². The molecule has 5 heteroatoms. The summed E-state index contributed by atoms with van der Waals surface area (Å²) in [6, 6.07) is 2.46. The molecule has 2 bridgehead atoms. The minimum Gasteiger partial charge on any atom is -0.384 e. The summed E-state index contributed by atoms with van der Waals surface area (Å²) in [5.74, 6) is 1.94. The summed E-state index contributed by atoms with van der Waals surface area (Å²) in [5.41, 5.74) is -0.194. The zero-order valence-electron chi connectivity index (χ0n) is 10.3. The zero-order chi connectivity index (χ0) is 13.5. The highest BCUT2D eigenvalue weighted by Crippen LogP contribution is 2.43. The third-order valence-electron chi connectivity index (χ3n) is 4.04. The zero-order valence-corrected chi connectivity index (χ0v) is 10.3. The standard InChI is InChI=1S/C14H15F3N2/c15-14(16,17)13-4-3-12(8-19-13)18-7-11-6-9-1-2-10(11)5-9/h1-4,8-11,18H,5-7H2. The van der Waals surface area contributed by atoms with Crippen molar-refractivity contribution >= 4 is 5.69 Å². The molecule has 0 aliphatic heterocycles. The topological polar surface area (TPSA) is 24.9 Å². The Balaban J connectivity index is 1.57. The summed E-state index contributed by atoms with van der Waals surface area (Å²) >= 11 is 0. The number of fused-ring (bicyclic) bond motifs is 2. The minimum atomic E-state index is -4.37. The molecule has 1 N–H and O–H groups in total. The second-order valence-electron chi connectivity index (χ2n) is 5.35. The van der Waals surface area contributed by atoms with Crippen LogP contribution >= 0.6 is 0 Å². The second-order valence-corrected chi connectivity index (χ2v) is 5.35. The van der Waals surface area contributed by atoms with Crippen LogP contribution in [0.5, 0.6) is 0 Å². The fourth-order valence-electron chi connectivity index (χ4n) is 3.04. The van der Waals surface area contributed by atoms with Crippen LogP contribution in [-0.2, 0) is 6.18 Å². The molecule has 1 heterocycles. The van der Waals surface area contributed by atoms with E-state index in [9.17, 15) is 13.2 Å². The number of hydrogen-bond donors (Lipinski definition) is 1. The van der Waals surface area contributed by atoms with Crippen molar-refractivity contribution in [1.82, 2.24) is 4.98 Å². The Morgan fingerprint density at radius 2 is 2.05 bits per heavy atom. The van der Waals surface area contributed by atoms with Gasteiger partial charge in [-0.25, -0.2) is 4.98 Å². The van der Waals surface area contributed by atoms with Crippen LogP contribution in [0.25, 0.3) is 0 Å². The SMILES string of the molecule is FC(F)(F)c1ccc(NCC2CC3C=CC2C3)cn1. The van der Waals surface area contributed by atoms with Gasteiger partial charge in [-0.2, -0.15) is 13.2 Å². The average molecular weight is 268 g/mol. The summed E-state index contributed by atoms with van der Waals surface area (Å²) in [7, 11) is 0. The summed E-state index contributed by atoms with van der Waals surface area (Å²) in [6.07, 6.45) is 3.85. The van der Waals surface area contributed by atoms with Gasteiger partial charge in [0.05, 0.1) is 11.9 Å². The van der Waals surface area contributed by atoms with E-state index in [2.05, 4.69) is 22.5 Å². The maximum Gasteiger partial charge on any atom is 0.433 e. The Morgan fingerprint density at radius 1 is 1.21 bits per heavy atom. The van der Waals surface area contributed by atoms with Gasteiger partial charge in [0.25, 0.3) is 0 Å². The Morgan fingerprint density at radius 3 is 2.58 bits per heavy atom. The molecule has 0 spiro atoms. The van der Waals surface area contributed by atoms with Crippen LogP contribution < -0.4 is 5.32 Å². The van der Waals surface area contributed by atoms with Crippen molar-refractivity contribution in [3.8, 4) is 0 Å². The summed E-state index contributed by atoms with van der Waals surface area (Å²) < 4.78 is 37.1. The van der Waals surface area contributed by atoms with Gasteiger partial charge in [-0.15, -0.1) is 0 Å². The number of aromatic nitrogens is 1. The molecule has 1 aromatic rings. The minimum absolute atomic E-state index is 0.595. The Bertz CT molecular complexity index is 478. The van der Waals surface area contributed by atoms with Gasteiger partial charge < -0.3 is 5.32 Å². The lowest BCUT2D eigenvalue weighted by atomic mass is 9.93. The average Bonchev–Trinajstić information content (AvgIpc) is 2.98. The number of anilines is 1. The molecular formula is C14H15F3N2. The van der Waals surface area contributed by atoms with E-state index in [1.165, 1.54) is 25.1 Å². The van der Waals surface area contributed by atoms with E-state index in [0.29, 0.717) is 23.4 Å². The molecule has 0 radical (unpaired) electrons. The van der Waals surface area contributed by atoms with Gasteiger partial charge in [-0.1, -0.05) is 12.2 Å². The normalized spacial score (nSPS) is 28.9. The molecule has 2 aliphatic carbocycles. The molecule has 2 nitrogen and oxygen atoms in total. The predicted molar refractivity (Wildman–Crippen MR) is 66.6 cm³/mol. The first kappa shape index (κ1) is 12.5. The molecule has 0 amide bonds. The lowest BCUT2D eigenvalue weighted by molar-refractivity contribution is -0.141. The largest absolute Gasteiger partial charge is 0.433 e. The molecule has 1 aromatic heterocycles. The molecule has 0 aromatic carbocycles.